The lowest BCUT2D eigenvalue weighted by Gasteiger charge is -2.37. The number of benzene rings is 1. The van der Waals surface area contributed by atoms with Gasteiger partial charge in [-0.2, -0.15) is 0 Å². The fraction of sp³-hybridized carbons (Fsp3) is 0.500. The SMILES string of the molecule is CC1CCC(C)N(C(=O)c2cc([N+](=O)[O-])ccc2Cl)C1. The molecule has 6 heteroatoms. The second-order valence-electron chi connectivity index (χ2n) is 5.41. The number of hydrogen-bond donors (Lipinski definition) is 0. The highest BCUT2D eigenvalue weighted by atomic mass is 35.5. The van der Waals surface area contributed by atoms with Gasteiger partial charge in [0, 0.05) is 24.7 Å². The average molecular weight is 297 g/mol. The van der Waals surface area contributed by atoms with E-state index in [-0.39, 0.29) is 28.2 Å². The number of rotatable bonds is 2. The second-order valence-corrected chi connectivity index (χ2v) is 5.82. The summed E-state index contributed by atoms with van der Waals surface area (Å²) in [6.07, 6.45) is 2.03. The van der Waals surface area contributed by atoms with Crippen LogP contribution in [0.2, 0.25) is 5.02 Å². The van der Waals surface area contributed by atoms with Gasteiger partial charge in [-0.05, 0) is 31.7 Å². The first-order chi connectivity index (χ1) is 9.40. The van der Waals surface area contributed by atoms with Gasteiger partial charge >= 0.3 is 0 Å². The molecular formula is C14H17ClN2O3. The molecule has 0 spiro atoms. The van der Waals surface area contributed by atoms with Crippen LogP contribution in [0.25, 0.3) is 0 Å². The van der Waals surface area contributed by atoms with Gasteiger partial charge in [-0.1, -0.05) is 18.5 Å². The molecule has 5 nitrogen and oxygen atoms in total. The molecule has 0 aromatic heterocycles. The molecule has 1 fully saturated rings. The number of halogens is 1. The number of nitro benzene ring substituents is 1. The molecular weight excluding hydrogens is 280 g/mol. The molecule has 0 bridgehead atoms. The Morgan fingerprint density at radius 3 is 2.75 bits per heavy atom. The van der Waals surface area contributed by atoms with Crippen LogP contribution in [0, 0.1) is 16.0 Å². The first kappa shape index (κ1) is 14.8. The zero-order valence-corrected chi connectivity index (χ0v) is 12.3. The van der Waals surface area contributed by atoms with E-state index in [2.05, 4.69) is 6.92 Å². The summed E-state index contributed by atoms with van der Waals surface area (Å²) in [7, 11) is 0. The minimum Gasteiger partial charge on any atom is -0.336 e. The van der Waals surface area contributed by atoms with Crippen molar-refractivity contribution in [2.75, 3.05) is 6.54 Å². The summed E-state index contributed by atoms with van der Waals surface area (Å²) in [5.74, 6) is 0.213. The smallest absolute Gasteiger partial charge is 0.270 e. The maximum atomic E-state index is 12.6. The van der Waals surface area contributed by atoms with Crippen LogP contribution in [-0.2, 0) is 0 Å². The summed E-state index contributed by atoms with van der Waals surface area (Å²) < 4.78 is 0. The Morgan fingerprint density at radius 2 is 2.10 bits per heavy atom. The van der Waals surface area contributed by atoms with E-state index in [9.17, 15) is 14.9 Å². The van der Waals surface area contributed by atoms with Crippen LogP contribution in [-0.4, -0.2) is 28.3 Å². The number of carbonyl (C=O) groups is 1. The molecule has 1 heterocycles. The molecule has 1 aromatic carbocycles. The molecule has 0 radical (unpaired) electrons. The first-order valence-electron chi connectivity index (χ1n) is 6.65. The van der Waals surface area contributed by atoms with E-state index in [1.807, 2.05) is 6.92 Å². The number of nitro groups is 1. The van der Waals surface area contributed by atoms with Crippen molar-refractivity contribution in [2.24, 2.45) is 5.92 Å². The van der Waals surface area contributed by atoms with Crippen LogP contribution in [0.15, 0.2) is 18.2 Å². The molecule has 20 heavy (non-hydrogen) atoms. The number of likely N-dealkylation sites (tertiary alicyclic amines) is 1. The summed E-state index contributed by atoms with van der Waals surface area (Å²) in [6.45, 7) is 4.76. The normalized spacial score (nSPS) is 22.6. The van der Waals surface area contributed by atoms with Crippen LogP contribution in [0.1, 0.15) is 37.0 Å². The van der Waals surface area contributed by atoms with Crippen molar-refractivity contribution in [1.82, 2.24) is 4.90 Å². The maximum Gasteiger partial charge on any atom is 0.270 e. The summed E-state index contributed by atoms with van der Waals surface area (Å²) in [4.78, 5) is 24.6. The molecule has 1 aliphatic heterocycles. The van der Waals surface area contributed by atoms with E-state index in [1.165, 1.54) is 18.2 Å². The third kappa shape index (κ3) is 2.93. The Hall–Kier alpha value is -1.62. The summed E-state index contributed by atoms with van der Waals surface area (Å²) in [5.41, 5.74) is 0.0947. The highest BCUT2D eigenvalue weighted by molar-refractivity contribution is 6.33. The van der Waals surface area contributed by atoms with Crippen molar-refractivity contribution in [2.45, 2.75) is 32.7 Å². The van der Waals surface area contributed by atoms with Crippen LogP contribution in [0.5, 0.6) is 0 Å². The largest absolute Gasteiger partial charge is 0.336 e. The molecule has 1 aromatic rings. The molecule has 108 valence electrons. The minimum atomic E-state index is -0.518. The fourth-order valence-electron chi connectivity index (χ4n) is 2.52. The molecule has 2 atom stereocenters. The van der Waals surface area contributed by atoms with Gasteiger partial charge in [0.2, 0.25) is 0 Å². The number of nitrogens with zero attached hydrogens (tertiary/aromatic N) is 2. The van der Waals surface area contributed by atoms with Gasteiger partial charge in [0.1, 0.15) is 0 Å². The van der Waals surface area contributed by atoms with Crippen LogP contribution in [0.4, 0.5) is 5.69 Å². The lowest BCUT2D eigenvalue weighted by molar-refractivity contribution is -0.384. The van der Waals surface area contributed by atoms with E-state index in [1.54, 1.807) is 4.90 Å². The first-order valence-corrected chi connectivity index (χ1v) is 7.03. The zero-order chi connectivity index (χ0) is 14.9. The van der Waals surface area contributed by atoms with Gasteiger partial charge in [-0.15, -0.1) is 0 Å². The van der Waals surface area contributed by atoms with Gasteiger partial charge in [0.05, 0.1) is 15.5 Å². The molecule has 2 rings (SSSR count). The van der Waals surface area contributed by atoms with Crippen LogP contribution >= 0.6 is 11.6 Å². The molecule has 1 aliphatic rings. The number of amides is 1. The lowest BCUT2D eigenvalue weighted by Crippen LogP contribution is -2.45. The predicted molar refractivity (Wildman–Crippen MR) is 77.0 cm³/mol. The Labute approximate surface area is 122 Å². The van der Waals surface area contributed by atoms with Gasteiger partial charge in [0.25, 0.3) is 11.6 Å². The quantitative estimate of drug-likeness (QED) is 0.619. The highest BCUT2D eigenvalue weighted by Crippen LogP contribution is 2.27. The van der Waals surface area contributed by atoms with Crippen molar-refractivity contribution < 1.29 is 9.72 Å². The monoisotopic (exact) mass is 296 g/mol. The Bertz CT molecular complexity index is 547. The van der Waals surface area contributed by atoms with E-state index in [0.717, 1.165) is 12.8 Å². The molecule has 1 saturated heterocycles. The fourth-order valence-corrected chi connectivity index (χ4v) is 2.72. The molecule has 2 unspecified atom stereocenters. The molecule has 0 saturated carbocycles. The van der Waals surface area contributed by atoms with Gasteiger partial charge in [-0.25, -0.2) is 0 Å². The minimum absolute atomic E-state index is 0.115. The standard InChI is InChI=1S/C14H17ClN2O3/c1-9-3-4-10(2)16(8-9)14(18)12-7-11(17(19)20)5-6-13(12)15/h5-7,9-10H,3-4,8H2,1-2H3. The maximum absolute atomic E-state index is 12.6. The van der Waals surface area contributed by atoms with Crippen LogP contribution < -0.4 is 0 Å². The van der Waals surface area contributed by atoms with E-state index < -0.39 is 4.92 Å². The molecule has 0 N–H and O–H groups in total. The topological polar surface area (TPSA) is 63.5 Å². The van der Waals surface area contributed by atoms with Crippen molar-refractivity contribution in [3.8, 4) is 0 Å². The van der Waals surface area contributed by atoms with Crippen molar-refractivity contribution in [1.29, 1.82) is 0 Å². The van der Waals surface area contributed by atoms with Crippen molar-refractivity contribution in [3.05, 3.63) is 38.9 Å². The van der Waals surface area contributed by atoms with Crippen LogP contribution in [0.3, 0.4) is 0 Å². The average Bonchev–Trinajstić information content (AvgIpc) is 2.41. The Morgan fingerprint density at radius 1 is 1.40 bits per heavy atom. The number of hydrogen-bond acceptors (Lipinski definition) is 3. The van der Waals surface area contributed by atoms with Gasteiger partial charge in [0.15, 0.2) is 0 Å². The van der Waals surface area contributed by atoms with E-state index in [4.69, 9.17) is 11.6 Å². The summed E-state index contributed by atoms with van der Waals surface area (Å²) in [6, 6.07) is 4.11. The predicted octanol–water partition coefficient (Wildman–Crippen LogP) is 3.51. The highest BCUT2D eigenvalue weighted by Gasteiger charge is 2.29. The summed E-state index contributed by atoms with van der Waals surface area (Å²) in [5, 5.41) is 11.1. The third-order valence-corrected chi connectivity index (χ3v) is 4.10. The Kier molecular flexibility index (Phi) is 4.28. The van der Waals surface area contributed by atoms with Crippen molar-refractivity contribution >= 4 is 23.2 Å². The van der Waals surface area contributed by atoms with Gasteiger partial charge in [-0.3, -0.25) is 14.9 Å². The lowest BCUT2D eigenvalue weighted by atomic mass is 9.94. The van der Waals surface area contributed by atoms with Crippen molar-refractivity contribution in [3.63, 3.8) is 0 Å². The third-order valence-electron chi connectivity index (χ3n) is 3.77. The summed E-state index contributed by atoms with van der Waals surface area (Å²) >= 11 is 6.03. The molecule has 1 amide bonds. The number of piperidine rings is 1. The van der Waals surface area contributed by atoms with E-state index >= 15 is 0 Å². The number of carbonyl (C=O) groups excluding carboxylic acids is 1. The molecule has 0 aliphatic carbocycles. The van der Waals surface area contributed by atoms with E-state index in [0.29, 0.717) is 12.5 Å². The second kappa shape index (κ2) is 5.79. The zero-order valence-electron chi connectivity index (χ0n) is 11.5. The number of non-ortho nitro benzene ring substituents is 1. The Balaban J connectivity index is 2.32. The van der Waals surface area contributed by atoms with Gasteiger partial charge < -0.3 is 4.90 Å².